The number of aromatic hydroxyl groups is 1. The molecule has 0 saturated carbocycles. The summed E-state index contributed by atoms with van der Waals surface area (Å²) in [5, 5.41) is 13.6. The van der Waals surface area contributed by atoms with Crippen molar-refractivity contribution in [1.29, 1.82) is 0 Å². The number of nitrogens with two attached hydrogens (primary N) is 1. The summed E-state index contributed by atoms with van der Waals surface area (Å²) in [5.41, 5.74) is 9.67. The quantitative estimate of drug-likeness (QED) is 0.618. The number of phenols is 1. The lowest BCUT2D eigenvalue weighted by Crippen LogP contribution is -2.32. The van der Waals surface area contributed by atoms with Crippen LogP contribution in [0.3, 0.4) is 0 Å². The summed E-state index contributed by atoms with van der Waals surface area (Å²) in [6, 6.07) is 13.8. The van der Waals surface area contributed by atoms with Gasteiger partial charge in [0.15, 0.2) is 0 Å². The van der Waals surface area contributed by atoms with Crippen molar-refractivity contribution in [2.45, 2.75) is 43.0 Å². The maximum atomic E-state index is 9.42. The average Bonchev–Trinajstić information content (AvgIpc) is 3.14. The third-order valence-corrected chi connectivity index (χ3v) is 5.58. The third kappa shape index (κ3) is 4.65. The van der Waals surface area contributed by atoms with Gasteiger partial charge in [-0.15, -0.1) is 11.8 Å². The van der Waals surface area contributed by atoms with Crippen LogP contribution in [0, 0.1) is 0 Å². The monoisotopic (exact) mass is 368 g/mol. The van der Waals surface area contributed by atoms with Gasteiger partial charge in [-0.1, -0.05) is 25.1 Å². The second-order valence-electron chi connectivity index (χ2n) is 6.68. The summed E-state index contributed by atoms with van der Waals surface area (Å²) in [6.07, 6.45) is 4.13. The van der Waals surface area contributed by atoms with Gasteiger partial charge >= 0.3 is 0 Å². The van der Waals surface area contributed by atoms with Gasteiger partial charge in [0.05, 0.1) is 6.54 Å². The van der Waals surface area contributed by atoms with E-state index in [4.69, 9.17) is 5.73 Å². The van der Waals surface area contributed by atoms with Gasteiger partial charge in [0.2, 0.25) is 0 Å². The molecule has 3 rings (SSSR count). The Morgan fingerprint density at radius 3 is 2.54 bits per heavy atom. The molecule has 0 saturated heterocycles. The number of aromatic nitrogens is 3. The van der Waals surface area contributed by atoms with Crippen molar-refractivity contribution >= 4 is 11.8 Å². The Morgan fingerprint density at radius 1 is 1.15 bits per heavy atom. The number of hydrogen-bond donors (Lipinski definition) is 2. The van der Waals surface area contributed by atoms with E-state index in [0.29, 0.717) is 6.54 Å². The second-order valence-corrected chi connectivity index (χ2v) is 7.73. The second kappa shape index (κ2) is 7.93. The smallest absolute Gasteiger partial charge is 0.137 e. The van der Waals surface area contributed by atoms with Gasteiger partial charge in [-0.3, -0.25) is 0 Å². The predicted octanol–water partition coefficient (Wildman–Crippen LogP) is 3.91. The Morgan fingerprint density at radius 2 is 1.88 bits per heavy atom. The molecule has 0 aliphatic carbocycles. The highest BCUT2D eigenvalue weighted by Gasteiger charge is 2.20. The van der Waals surface area contributed by atoms with Crippen LogP contribution in [0.1, 0.15) is 37.0 Å². The molecule has 0 amide bonds. The lowest BCUT2D eigenvalue weighted by Gasteiger charge is -2.25. The maximum absolute atomic E-state index is 9.42. The molecular weight excluding hydrogens is 344 g/mol. The lowest BCUT2D eigenvalue weighted by molar-refractivity contribution is 0.474. The Hall–Kier alpha value is -2.31. The fraction of sp³-hybridized carbons (Fsp3) is 0.300. The van der Waals surface area contributed by atoms with Crippen LogP contribution in [-0.2, 0) is 17.8 Å². The highest BCUT2D eigenvalue weighted by Crippen LogP contribution is 2.29. The van der Waals surface area contributed by atoms with E-state index in [1.54, 1.807) is 36.5 Å². The summed E-state index contributed by atoms with van der Waals surface area (Å²) >= 11 is 1.74. The molecule has 1 unspecified atom stereocenters. The van der Waals surface area contributed by atoms with Crippen LogP contribution < -0.4 is 5.73 Å². The van der Waals surface area contributed by atoms with Gasteiger partial charge < -0.3 is 10.8 Å². The number of nitrogens with zero attached hydrogens (tertiary/aromatic N) is 3. The molecule has 1 heterocycles. The fourth-order valence-corrected chi connectivity index (χ4v) is 3.51. The Bertz CT molecular complexity index is 845. The summed E-state index contributed by atoms with van der Waals surface area (Å²) in [4.78, 5) is 5.14. The zero-order valence-corrected chi connectivity index (χ0v) is 15.9. The molecule has 0 aliphatic heterocycles. The Labute approximate surface area is 158 Å². The van der Waals surface area contributed by atoms with E-state index in [1.165, 1.54) is 11.1 Å². The van der Waals surface area contributed by atoms with E-state index in [0.717, 1.165) is 22.6 Å². The molecule has 3 aromatic rings. The number of hydrogen-bond acceptors (Lipinski definition) is 5. The number of rotatable bonds is 7. The van der Waals surface area contributed by atoms with Crippen LogP contribution in [-0.4, -0.2) is 19.9 Å². The number of thioether (sulfide) groups is 1. The summed E-state index contributed by atoms with van der Waals surface area (Å²) in [5.74, 6) is 1.12. The van der Waals surface area contributed by atoms with Crippen LogP contribution in [0.4, 0.5) is 0 Å². The first-order valence-corrected chi connectivity index (χ1v) is 9.61. The van der Waals surface area contributed by atoms with E-state index in [-0.39, 0.29) is 11.3 Å². The first kappa shape index (κ1) is 18.5. The minimum absolute atomic E-state index is 0.285. The zero-order valence-electron chi connectivity index (χ0n) is 15.1. The van der Waals surface area contributed by atoms with Gasteiger partial charge in [-0.05, 0) is 54.3 Å². The molecule has 5 nitrogen and oxygen atoms in total. The van der Waals surface area contributed by atoms with Gasteiger partial charge in [-0.25, -0.2) is 9.67 Å². The number of benzene rings is 2. The molecule has 136 valence electrons. The highest BCUT2D eigenvalue weighted by atomic mass is 32.2. The minimum atomic E-state index is -0.365. The topological polar surface area (TPSA) is 77.0 Å². The average molecular weight is 369 g/mol. The molecule has 0 spiro atoms. The molecule has 1 atom stereocenters. The predicted molar refractivity (Wildman–Crippen MR) is 105 cm³/mol. The van der Waals surface area contributed by atoms with Crippen LogP contribution >= 0.6 is 11.8 Å². The van der Waals surface area contributed by atoms with Crippen molar-refractivity contribution in [3.8, 4) is 5.75 Å². The minimum Gasteiger partial charge on any atom is -0.508 e. The van der Waals surface area contributed by atoms with E-state index in [1.807, 2.05) is 16.8 Å². The zero-order chi connectivity index (χ0) is 18.6. The van der Waals surface area contributed by atoms with Gasteiger partial charge in [0.25, 0.3) is 0 Å². The van der Waals surface area contributed by atoms with Crippen molar-refractivity contribution in [2.75, 3.05) is 0 Å². The molecule has 3 N–H and O–H groups in total. The van der Waals surface area contributed by atoms with Crippen LogP contribution in [0.2, 0.25) is 0 Å². The van der Waals surface area contributed by atoms with Crippen molar-refractivity contribution < 1.29 is 5.11 Å². The highest BCUT2D eigenvalue weighted by molar-refractivity contribution is 7.98. The molecule has 2 aromatic carbocycles. The molecule has 0 aliphatic rings. The normalized spacial score (nSPS) is 13.5. The van der Waals surface area contributed by atoms with Crippen molar-refractivity contribution in [1.82, 2.24) is 14.8 Å². The maximum Gasteiger partial charge on any atom is 0.137 e. The van der Waals surface area contributed by atoms with E-state index < -0.39 is 0 Å². The van der Waals surface area contributed by atoms with E-state index in [9.17, 15) is 5.11 Å². The van der Waals surface area contributed by atoms with Crippen molar-refractivity contribution in [3.05, 3.63) is 71.8 Å². The molecule has 0 bridgehead atoms. The molecule has 0 radical (unpaired) electrons. The SMILES string of the molecule is CCC(C)(N)c1cc(CSc2ccc(O)cc2)cc(Cn2cncn2)c1. The number of phenolic OH excluding ortho intramolecular Hbond substituents is 1. The lowest BCUT2D eigenvalue weighted by atomic mass is 9.88. The molecule has 0 fully saturated rings. The molecule has 1 aromatic heterocycles. The molecule has 6 heteroatoms. The van der Waals surface area contributed by atoms with Gasteiger partial charge in [0.1, 0.15) is 18.4 Å². The summed E-state index contributed by atoms with van der Waals surface area (Å²) in [7, 11) is 0. The van der Waals surface area contributed by atoms with Crippen molar-refractivity contribution in [3.63, 3.8) is 0 Å². The van der Waals surface area contributed by atoms with E-state index >= 15 is 0 Å². The molecule has 26 heavy (non-hydrogen) atoms. The van der Waals surface area contributed by atoms with Gasteiger partial charge in [-0.2, -0.15) is 5.10 Å². The third-order valence-electron chi connectivity index (χ3n) is 4.50. The Kier molecular flexibility index (Phi) is 5.64. The summed E-state index contributed by atoms with van der Waals surface area (Å²) in [6.45, 7) is 4.85. The van der Waals surface area contributed by atoms with Crippen LogP contribution in [0.25, 0.3) is 0 Å². The van der Waals surface area contributed by atoms with Crippen LogP contribution in [0.5, 0.6) is 5.75 Å². The van der Waals surface area contributed by atoms with Crippen molar-refractivity contribution in [2.24, 2.45) is 5.73 Å². The molecular formula is C20H24N4OS. The Balaban J connectivity index is 1.84. The first-order valence-electron chi connectivity index (χ1n) is 8.63. The van der Waals surface area contributed by atoms with E-state index in [2.05, 4.69) is 42.1 Å². The first-order chi connectivity index (χ1) is 12.5. The summed E-state index contributed by atoms with van der Waals surface area (Å²) < 4.78 is 1.82. The van der Waals surface area contributed by atoms with Gasteiger partial charge in [0, 0.05) is 16.2 Å². The standard InChI is InChI=1S/C20H24N4OS/c1-3-20(2,21)17-9-15(11-24-14-22-13-23-24)8-16(10-17)12-26-19-6-4-18(25)5-7-19/h4-10,13-14,25H,3,11-12,21H2,1-2H3. The largest absolute Gasteiger partial charge is 0.508 e. The van der Waals surface area contributed by atoms with Crippen LogP contribution in [0.15, 0.2) is 60.0 Å². The fourth-order valence-electron chi connectivity index (χ4n) is 2.68.